The van der Waals surface area contributed by atoms with Gasteiger partial charge in [-0.05, 0) is 18.3 Å². The minimum absolute atomic E-state index is 0.120. The molecule has 0 aromatic rings. The molecule has 0 radical (unpaired) electrons. The van der Waals surface area contributed by atoms with Crippen LogP contribution in [0.1, 0.15) is 33.1 Å². The third kappa shape index (κ3) is 3.91. The molecule has 0 aliphatic heterocycles. The smallest absolute Gasteiger partial charge is 0.0589 e. The van der Waals surface area contributed by atoms with Crippen molar-refractivity contribution >= 4 is 0 Å². The van der Waals surface area contributed by atoms with Crippen molar-refractivity contribution in [2.45, 2.75) is 38.6 Å². The van der Waals surface area contributed by atoms with Crippen LogP contribution in [-0.2, 0) is 9.47 Å². The zero-order valence-corrected chi connectivity index (χ0v) is 13.2. The maximum absolute atomic E-state index is 6.21. The molecule has 0 saturated heterocycles. The fourth-order valence-electron chi connectivity index (χ4n) is 3.56. The Morgan fingerprint density at radius 3 is 2.21 bits per heavy atom. The first-order chi connectivity index (χ1) is 9.12. The summed E-state index contributed by atoms with van der Waals surface area (Å²) in [5, 5.41) is 0. The van der Waals surface area contributed by atoms with E-state index in [9.17, 15) is 0 Å². The highest BCUT2D eigenvalue weighted by molar-refractivity contribution is 5.00. The predicted molar refractivity (Wildman–Crippen MR) is 79.3 cm³/mol. The van der Waals surface area contributed by atoms with Crippen LogP contribution in [0.4, 0.5) is 0 Å². The number of nitrogens with zero attached hydrogens (tertiary/aromatic N) is 1. The van der Waals surface area contributed by atoms with E-state index in [-0.39, 0.29) is 5.54 Å². The Morgan fingerprint density at radius 2 is 1.74 bits per heavy atom. The Hall–Kier alpha value is -0.160. The van der Waals surface area contributed by atoms with Gasteiger partial charge in [-0.1, -0.05) is 26.7 Å². The highest BCUT2D eigenvalue weighted by Crippen LogP contribution is 2.41. The summed E-state index contributed by atoms with van der Waals surface area (Å²) in [5.74, 6) is 1.37. The number of rotatable bonds is 8. The summed E-state index contributed by atoms with van der Waals surface area (Å²) in [6, 6.07) is 0. The van der Waals surface area contributed by atoms with E-state index in [4.69, 9.17) is 15.2 Å². The molecule has 3 unspecified atom stereocenters. The summed E-state index contributed by atoms with van der Waals surface area (Å²) in [5.41, 5.74) is 6.33. The molecule has 1 aliphatic rings. The van der Waals surface area contributed by atoms with Crippen molar-refractivity contribution in [1.29, 1.82) is 0 Å². The highest BCUT2D eigenvalue weighted by atomic mass is 16.5. The Balaban J connectivity index is 2.84. The normalized spacial score (nSPS) is 31.9. The summed E-state index contributed by atoms with van der Waals surface area (Å²) >= 11 is 0. The molecule has 4 nitrogen and oxygen atoms in total. The number of ether oxygens (including phenoxy) is 2. The molecule has 0 aromatic carbocycles. The summed E-state index contributed by atoms with van der Waals surface area (Å²) in [4.78, 5) is 2.51. The van der Waals surface area contributed by atoms with Gasteiger partial charge in [0.1, 0.15) is 0 Å². The Kier molecular flexibility index (Phi) is 7.29. The van der Waals surface area contributed by atoms with E-state index < -0.39 is 0 Å². The third-order valence-electron chi connectivity index (χ3n) is 5.08. The topological polar surface area (TPSA) is 47.7 Å². The number of nitrogens with two attached hydrogens (primary N) is 1. The Morgan fingerprint density at radius 1 is 1.16 bits per heavy atom. The van der Waals surface area contributed by atoms with E-state index in [0.717, 1.165) is 38.8 Å². The average molecular weight is 272 g/mol. The summed E-state index contributed by atoms with van der Waals surface area (Å²) in [7, 11) is 3.52. The molecule has 0 aromatic heterocycles. The first-order valence-electron chi connectivity index (χ1n) is 7.55. The zero-order chi connectivity index (χ0) is 14.3. The molecule has 2 N–H and O–H groups in total. The van der Waals surface area contributed by atoms with Crippen LogP contribution >= 0.6 is 0 Å². The SMILES string of the molecule is COCCN(CCOC)C1(CN)CCCC(C)C1C. The second kappa shape index (κ2) is 8.20. The molecule has 0 bridgehead atoms. The maximum atomic E-state index is 6.21. The maximum Gasteiger partial charge on any atom is 0.0589 e. The van der Waals surface area contributed by atoms with Crippen molar-refractivity contribution in [2.24, 2.45) is 17.6 Å². The minimum atomic E-state index is 0.120. The average Bonchev–Trinajstić information content (AvgIpc) is 2.43. The van der Waals surface area contributed by atoms with Gasteiger partial charge in [0.25, 0.3) is 0 Å². The molecule has 1 saturated carbocycles. The molecular formula is C15H32N2O2. The Labute approximate surface area is 118 Å². The molecule has 1 aliphatic carbocycles. The van der Waals surface area contributed by atoms with E-state index in [2.05, 4.69) is 18.7 Å². The first kappa shape index (κ1) is 16.9. The molecule has 0 spiro atoms. The quantitative estimate of drug-likeness (QED) is 0.731. The van der Waals surface area contributed by atoms with Crippen LogP contribution in [-0.4, -0.2) is 57.5 Å². The second-order valence-corrected chi connectivity index (χ2v) is 5.94. The van der Waals surface area contributed by atoms with E-state index in [1.54, 1.807) is 14.2 Å². The lowest BCUT2D eigenvalue weighted by Crippen LogP contribution is -2.62. The van der Waals surface area contributed by atoms with Crippen LogP contribution in [0, 0.1) is 11.8 Å². The fourth-order valence-corrected chi connectivity index (χ4v) is 3.56. The number of hydrogen-bond donors (Lipinski definition) is 1. The first-order valence-corrected chi connectivity index (χ1v) is 7.55. The van der Waals surface area contributed by atoms with Crippen LogP contribution in [0.25, 0.3) is 0 Å². The molecule has 1 rings (SSSR count). The van der Waals surface area contributed by atoms with Crippen LogP contribution in [0.5, 0.6) is 0 Å². The van der Waals surface area contributed by atoms with E-state index in [1.807, 2.05) is 0 Å². The molecule has 114 valence electrons. The lowest BCUT2D eigenvalue weighted by Gasteiger charge is -2.52. The lowest BCUT2D eigenvalue weighted by atomic mass is 9.67. The van der Waals surface area contributed by atoms with Crippen LogP contribution in [0.3, 0.4) is 0 Å². The van der Waals surface area contributed by atoms with Crippen molar-refractivity contribution < 1.29 is 9.47 Å². The molecule has 0 amide bonds. The van der Waals surface area contributed by atoms with Gasteiger partial charge in [-0.3, -0.25) is 4.90 Å². The number of methoxy groups -OCH3 is 2. The Bertz CT molecular complexity index is 242. The van der Waals surface area contributed by atoms with Gasteiger partial charge in [0.2, 0.25) is 0 Å². The van der Waals surface area contributed by atoms with Crippen LogP contribution in [0.2, 0.25) is 0 Å². The molecule has 0 heterocycles. The van der Waals surface area contributed by atoms with Gasteiger partial charge in [-0.15, -0.1) is 0 Å². The van der Waals surface area contributed by atoms with Crippen molar-refractivity contribution in [3.63, 3.8) is 0 Å². The monoisotopic (exact) mass is 272 g/mol. The highest BCUT2D eigenvalue weighted by Gasteiger charge is 2.44. The van der Waals surface area contributed by atoms with E-state index in [1.165, 1.54) is 19.3 Å². The third-order valence-corrected chi connectivity index (χ3v) is 5.08. The largest absolute Gasteiger partial charge is 0.383 e. The molecule has 4 heteroatoms. The summed E-state index contributed by atoms with van der Waals surface area (Å²) < 4.78 is 10.5. The van der Waals surface area contributed by atoms with Crippen molar-refractivity contribution in [1.82, 2.24) is 4.90 Å². The predicted octanol–water partition coefficient (Wildman–Crippen LogP) is 1.73. The van der Waals surface area contributed by atoms with Crippen molar-refractivity contribution in [2.75, 3.05) is 47.1 Å². The summed E-state index contributed by atoms with van der Waals surface area (Å²) in [6.45, 7) is 8.84. The molecule has 1 fully saturated rings. The van der Waals surface area contributed by atoms with Gasteiger partial charge < -0.3 is 15.2 Å². The van der Waals surface area contributed by atoms with Crippen molar-refractivity contribution in [3.05, 3.63) is 0 Å². The lowest BCUT2D eigenvalue weighted by molar-refractivity contribution is -0.0332. The molecule has 19 heavy (non-hydrogen) atoms. The van der Waals surface area contributed by atoms with Gasteiger partial charge in [0.05, 0.1) is 13.2 Å². The van der Waals surface area contributed by atoms with Gasteiger partial charge in [0, 0.05) is 39.4 Å². The fraction of sp³-hybridized carbons (Fsp3) is 1.00. The second-order valence-electron chi connectivity index (χ2n) is 5.94. The van der Waals surface area contributed by atoms with Gasteiger partial charge in [-0.25, -0.2) is 0 Å². The standard InChI is InChI=1S/C15H32N2O2/c1-13-6-5-7-15(12-16,14(13)2)17(8-10-18-3)9-11-19-4/h13-14H,5-12,16H2,1-4H3. The van der Waals surface area contributed by atoms with E-state index >= 15 is 0 Å². The molecular weight excluding hydrogens is 240 g/mol. The minimum Gasteiger partial charge on any atom is -0.383 e. The van der Waals surface area contributed by atoms with Crippen LogP contribution < -0.4 is 5.73 Å². The number of hydrogen-bond acceptors (Lipinski definition) is 4. The van der Waals surface area contributed by atoms with E-state index in [0.29, 0.717) is 5.92 Å². The summed E-state index contributed by atoms with van der Waals surface area (Å²) in [6.07, 6.45) is 3.80. The van der Waals surface area contributed by atoms with Gasteiger partial charge in [-0.2, -0.15) is 0 Å². The molecule has 3 atom stereocenters. The van der Waals surface area contributed by atoms with Gasteiger partial charge >= 0.3 is 0 Å². The van der Waals surface area contributed by atoms with Gasteiger partial charge in [0.15, 0.2) is 0 Å². The van der Waals surface area contributed by atoms with Crippen molar-refractivity contribution in [3.8, 4) is 0 Å². The zero-order valence-electron chi connectivity index (χ0n) is 13.2. The van der Waals surface area contributed by atoms with Crippen LogP contribution in [0.15, 0.2) is 0 Å².